The first-order chi connectivity index (χ1) is 18.1. The molecule has 0 saturated carbocycles. The van der Waals surface area contributed by atoms with E-state index in [2.05, 4.69) is 78.8 Å². The number of benzene rings is 1. The number of ether oxygens (including phenoxy) is 1. The van der Waals surface area contributed by atoms with Crippen LogP contribution in [0.1, 0.15) is 125 Å². The highest BCUT2D eigenvalue weighted by molar-refractivity contribution is 5.41. The number of phenolic OH excluding ortho intramolecular Hbond substituents is 1. The molecule has 0 radical (unpaired) electrons. The van der Waals surface area contributed by atoms with Gasteiger partial charge in [0.2, 0.25) is 0 Å². The maximum atomic E-state index is 9.69. The molecule has 0 amide bonds. The molecule has 0 spiro atoms. The lowest BCUT2D eigenvalue weighted by Crippen LogP contribution is -2.36. The molecule has 2 nitrogen and oxygen atoms in total. The van der Waals surface area contributed by atoms with Crippen molar-refractivity contribution in [1.29, 1.82) is 0 Å². The molecule has 1 heterocycles. The van der Waals surface area contributed by atoms with Gasteiger partial charge in [-0.1, -0.05) is 58.2 Å². The first-order valence-corrected chi connectivity index (χ1v) is 14.8. The maximum Gasteiger partial charge on any atom is 0.123 e. The van der Waals surface area contributed by atoms with E-state index in [1.54, 1.807) is 6.07 Å². The van der Waals surface area contributed by atoms with Crippen LogP contribution in [0.5, 0.6) is 11.5 Å². The Morgan fingerprint density at radius 2 is 1.21 bits per heavy atom. The zero-order valence-electron chi connectivity index (χ0n) is 25.5. The van der Waals surface area contributed by atoms with Gasteiger partial charge in [0.15, 0.2) is 0 Å². The first kappa shape index (κ1) is 31.7. The normalized spacial score (nSPS) is 18.7. The zero-order valence-corrected chi connectivity index (χ0v) is 25.5. The lowest BCUT2D eigenvalue weighted by atomic mass is 9.88. The summed E-state index contributed by atoms with van der Waals surface area (Å²) in [5, 5.41) is 9.69. The molecule has 0 fully saturated rings. The summed E-state index contributed by atoms with van der Waals surface area (Å²) in [6.45, 7) is 15.6. The Morgan fingerprint density at radius 3 is 1.71 bits per heavy atom. The first-order valence-electron chi connectivity index (χ1n) is 14.8. The highest BCUT2D eigenvalue weighted by Gasteiger charge is 2.30. The number of hydrogen-bond acceptors (Lipinski definition) is 2. The Bertz CT molecular complexity index is 1030. The molecule has 0 aromatic heterocycles. The van der Waals surface area contributed by atoms with Crippen LogP contribution in [0, 0.1) is 0 Å². The molecule has 38 heavy (non-hydrogen) atoms. The third-order valence-electron chi connectivity index (χ3n) is 7.68. The van der Waals surface area contributed by atoms with Crippen molar-refractivity contribution in [2.24, 2.45) is 0 Å². The van der Waals surface area contributed by atoms with Crippen molar-refractivity contribution in [3.05, 3.63) is 82.0 Å². The second-order valence-corrected chi connectivity index (χ2v) is 12.0. The Morgan fingerprint density at radius 1 is 0.737 bits per heavy atom. The molecule has 1 unspecified atom stereocenters. The summed E-state index contributed by atoms with van der Waals surface area (Å²) in [4.78, 5) is 0. The Labute approximate surface area is 234 Å². The molecule has 210 valence electrons. The zero-order chi connectivity index (χ0) is 28.0. The van der Waals surface area contributed by atoms with Gasteiger partial charge < -0.3 is 9.84 Å². The van der Waals surface area contributed by atoms with Crippen LogP contribution in [0.25, 0.3) is 0 Å². The maximum absolute atomic E-state index is 9.69. The van der Waals surface area contributed by atoms with Crippen LogP contribution in [-0.4, -0.2) is 10.7 Å². The molecule has 1 aromatic rings. The highest BCUT2D eigenvalue weighted by atomic mass is 16.5. The lowest BCUT2D eigenvalue weighted by Gasteiger charge is -2.35. The molecule has 1 N–H and O–H groups in total. The van der Waals surface area contributed by atoms with Crippen molar-refractivity contribution in [3.8, 4) is 11.5 Å². The van der Waals surface area contributed by atoms with Crippen LogP contribution in [0.15, 0.2) is 76.4 Å². The van der Waals surface area contributed by atoms with E-state index in [4.69, 9.17) is 4.74 Å². The lowest BCUT2D eigenvalue weighted by molar-refractivity contribution is 0.0570. The van der Waals surface area contributed by atoms with Gasteiger partial charge in [0.1, 0.15) is 17.1 Å². The minimum absolute atomic E-state index is 0.122. The minimum Gasteiger partial charge on any atom is -0.508 e. The smallest absolute Gasteiger partial charge is 0.123 e. The van der Waals surface area contributed by atoms with Gasteiger partial charge >= 0.3 is 0 Å². The van der Waals surface area contributed by atoms with Crippen molar-refractivity contribution in [2.45, 2.75) is 131 Å². The van der Waals surface area contributed by atoms with Crippen molar-refractivity contribution in [1.82, 2.24) is 0 Å². The van der Waals surface area contributed by atoms with Crippen LogP contribution >= 0.6 is 0 Å². The fourth-order valence-corrected chi connectivity index (χ4v) is 5.01. The fraction of sp³-hybridized carbons (Fsp3) is 0.556. The molecule has 0 saturated heterocycles. The molecule has 1 aromatic carbocycles. The van der Waals surface area contributed by atoms with Gasteiger partial charge in [-0.2, -0.15) is 0 Å². The summed E-state index contributed by atoms with van der Waals surface area (Å²) in [6.07, 6.45) is 25.3. The van der Waals surface area contributed by atoms with E-state index < -0.39 is 0 Å². The van der Waals surface area contributed by atoms with Gasteiger partial charge in [0.25, 0.3) is 0 Å². The summed E-state index contributed by atoms with van der Waals surface area (Å²) in [5.41, 5.74) is 8.42. The summed E-state index contributed by atoms with van der Waals surface area (Å²) >= 11 is 0. The SMILES string of the molecule is CC(C)=CCC/C(C)=C/CC/C(C)=C/CC/C(C)=C/CC/C(C)=C/CCC1(C)CCc2cc(O)ccc2O1. The molecule has 0 bridgehead atoms. The van der Waals surface area contributed by atoms with E-state index >= 15 is 0 Å². The largest absolute Gasteiger partial charge is 0.508 e. The Balaban J connectivity index is 1.63. The number of rotatable bonds is 15. The van der Waals surface area contributed by atoms with Gasteiger partial charge in [-0.3, -0.25) is 0 Å². The minimum atomic E-state index is -0.122. The second kappa shape index (κ2) is 16.5. The van der Waals surface area contributed by atoms with E-state index in [0.717, 1.165) is 75.5 Å². The van der Waals surface area contributed by atoms with Gasteiger partial charge in [-0.15, -0.1) is 0 Å². The molecule has 0 aliphatic carbocycles. The molecular weight excluding hydrogens is 464 g/mol. The van der Waals surface area contributed by atoms with E-state index in [9.17, 15) is 5.11 Å². The second-order valence-electron chi connectivity index (χ2n) is 12.0. The third kappa shape index (κ3) is 12.9. The fourth-order valence-electron chi connectivity index (χ4n) is 5.01. The van der Waals surface area contributed by atoms with E-state index in [1.165, 1.54) is 40.7 Å². The third-order valence-corrected chi connectivity index (χ3v) is 7.68. The number of aromatic hydroxyl groups is 1. The van der Waals surface area contributed by atoms with Crippen LogP contribution in [0.4, 0.5) is 0 Å². The highest BCUT2D eigenvalue weighted by Crippen LogP contribution is 2.37. The number of fused-ring (bicyclic) bond motifs is 1. The quantitative estimate of drug-likeness (QED) is 0.234. The van der Waals surface area contributed by atoms with Crippen molar-refractivity contribution < 1.29 is 9.84 Å². The average molecular weight is 519 g/mol. The number of allylic oxidation sites excluding steroid dienone is 10. The van der Waals surface area contributed by atoms with Crippen LogP contribution in [0.2, 0.25) is 0 Å². The molecule has 2 heteroatoms. The summed E-state index contributed by atoms with van der Waals surface area (Å²) in [7, 11) is 0. The van der Waals surface area contributed by atoms with Crippen LogP contribution < -0.4 is 4.74 Å². The van der Waals surface area contributed by atoms with E-state index in [1.807, 2.05) is 12.1 Å². The van der Waals surface area contributed by atoms with Crippen LogP contribution in [0.3, 0.4) is 0 Å². The van der Waals surface area contributed by atoms with Gasteiger partial charge in [0.05, 0.1) is 0 Å². The monoisotopic (exact) mass is 518 g/mol. The van der Waals surface area contributed by atoms with E-state index in [0.29, 0.717) is 5.75 Å². The average Bonchev–Trinajstić information content (AvgIpc) is 2.84. The summed E-state index contributed by atoms with van der Waals surface area (Å²) in [6, 6.07) is 5.46. The van der Waals surface area contributed by atoms with Gasteiger partial charge in [0, 0.05) is 0 Å². The standard InChI is InChI=1S/C36H54O2/c1-28(2)13-8-14-29(3)15-9-16-30(4)17-10-18-31(5)19-11-20-32(6)21-12-25-36(7)26-24-33-27-34(37)22-23-35(33)38-36/h13,15,17,19,21-23,27,37H,8-12,14,16,18,20,24-26H2,1-7H3/b29-15+,30-17+,31-19+,32-21+. The summed E-state index contributed by atoms with van der Waals surface area (Å²) < 4.78 is 6.32. The molecule has 1 atom stereocenters. The number of hydrogen-bond donors (Lipinski definition) is 1. The number of aryl methyl sites for hydroxylation is 1. The predicted octanol–water partition coefficient (Wildman–Crippen LogP) is 11.1. The summed E-state index contributed by atoms with van der Waals surface area (Å²) in [5.74, 6) is 1.26. The van der Waals surface area contributed by atoms with Crippen molar-refractivity contribution in [3.63, 3.8) is 0 Å². The van der Waals surface area contributed by atoms with Crippen molar-refractivity contribution in [2.75, 3.05) is 0 Å². The van der Waals surface area contributed by atoms with Crippen molar-refractivity contribution >= 4 is 0 Å². The Hall–Kier alpha value is -2.48. The Kier molecular flexibility index (Phi) is 13.8. The van der Waals surface area contributed by atoms with Crippen LogP contribution in [-0.2, 0) is 6.42 Å². The topological polar surface area (TPSA) is 29.5 Å². The van der Waals surface area contributed by atoms with E-state index in [-0.39, 0.29) is 5.60 Å². The number of phenols is 1. The van der Waals surface area contributed by atoms with Gasteiger partial charge in [-0.05, 0) is 149 Å². The van der Waals surface area contributed by atoms with Gasteiger partial charge in [-0.25, -0.2) is 0 Å². The molecule has 1 aliphatic rings. The molecule has 2 rings (SSSR count). The predicted molar refractivity (Wildman–Crippen MR) is 166 cm³/mol. The molecular formula is C36H54O2. The molecule has 1 aliphatic heterocycles.